The molecular formula is C30H19N3. The molecular weight excluding hydrogens is 402 g/mol. The predicted octanol–water partition coefficient (Wildman–Crippen LogP) is 7.55. The molecule has 0 fully saturated rings. The zero-order chi connectivity index (χ0) is 21.8. The average molecular weight is 422 g/mol. The number of benzene rings is 5. The van der Waals surface area contributed by atoms with Crippen LogP contribution in [0.4, 0.5) is 0 Å². The highest BCUT2D eigenvalue weighted by Gasteiger charge is 2.17. The van der Waals surface area contributed by atoms with Gasteiger partial charge in [-0.15, -0.1) is 0 Å². The molecule has 33 heavy (non-hydrogen) atoms. The molecule has 0 aliphatic heterocycles. The van der Waals surface area contributed by atoms with Crippen LogP contribution in [0.2, 0.25) is 0 Å². The smallest absolute Gasteiger partial charge is 0.235 e. The van der Waals surface area contributed by atoms with Crippen LogP contribution < -0.4 is 0 Å². The van der Waals surface area contributed by atoms with Gasteiger partial charge in [-0.1, -0.05) is 97.1 Å². The summed E-state index contributed by atoms with van der Waals surface area (Å²) in [6.45, 7) is 0. The third-order valence-electron chi connectivity index (χ3n) is 6.42. The van der Waals surface area contributed by atoms with Crippen LogP contribution in [-0.4, -0.2) is 14.5 Å². The third kappa shape index (κ3) is 2.69. The van der Waals surface area contributed by atoms with Gasteiger partial charge in [-0.25, -0.2) is 9.97 Å². The highest BCUT2D eigenvalue weighted by atomic mass is 15.2. The summed E-state index contributed by atoms with van der Waals surface area (Å²) >= 11 is 0. The standard InChI is InChI=1S/C30H19N3/c1-2-12-21-20(10-1)11-9-16-24(21)29-25-15-3-6-17-26(25)31-30(32-29)33-27-18-7-4-13-22(27)23-14-5-8-19-28(23)33/h1-19H. The second-order valence-electron chi connectivity index (χ2n) is 8.29. The minimum absolute atomic E-state index is 0.689. The van der Waals surface area contributed by atoms with Crippen molar-refractivity contribution in [2.75, 3.05) is 0 Å². The first-order chi connectivity index (χ1) is 16.4. The first-order valence-electron chi connectivity index (χ1n) is 11.1. The fourth-order valence-corrected chi connectivity index (χ4v) is 4.94. The molecule has 3 heteroatoms. The number of nitrogens with zero attached hydrogens (tertiary/aromatic N) is 3. The molecule has 0 saturated carbocycles. The Morgan fingerprint density at radius 1 is 0.455 bits per heavy atom. The fourth-order valence-electron chi connectivity index (χ4n) is 4.94. The van der Waals surface area contributed by atoms with Crippen molar-refractivity contribution < 1.29 is 0 Å². The molecule has 0 aliphatic rings. The summed E-state index contributed by atoms with van der Waals surface area (Å²) in [6, 6.07) is 40.1. The summed E-state index contributed by atoms with van der Waals surface area (Å²) < 4.78 is 2.19. The van der Waals surface area contributed by atoms with Crippen molar-refractivity contribution in [2.24, 2.45) is 0 Å². The van der Waals surface area contributed by atoms with E-state index >= 15 is 0 Å². The highest BCUT2D eigenvalue weighted by molar-refractivity contribution is 6.09. The van der Waals surface area contributed by atoms with Crippen molar-refractivity contribution in [2.45, 2.75) is 0 Å². The maximum atomic E-state index is 5.22. The van der Waals surface area contributed by atoms with Crippen molar-refractivity contribution in [3.05, 3.63) is 115 Å². The second-order valence-corrected chi connectivity index (χ2v) is 8.29. The summed E-state index contributed by atoms with van der Waals surface area (Å²) in [5.41, 5.74) is 5.23. The van der Waals surface area contributed by atoms with E-state index < -0.39 is 0 Å². The van der Waals surface area contributed by atoms with Gasteiger partial charge in [0.05, 0.1) is 22.2 Å². The Hall–Kier alpha value is -4.50. The van der Waals surface area contributed by atoms with Crippen LogP contribution >= 0.6 is 0 Å². The Balaban J connectivity index is 1.63. The molecule has 0 N–H and O–H groups in total. The zero-order valence-electron chi connectivity index (χ0n) is 17.8. The molecule has 0 aliphatic carbocycles. The highest BCUT2D eigenvalue weighted by Crippen LogP contribution is 2.35. The van der Waals surface area contributed by atoms with Crippen molar-refractivity contribution in [1.29, 1.82) is 0 Å². The summed E-state index contributed by atoms with van der Waals surface area (Å²) in [6.07, 6.45) is 0. The largest absolute Gasteiger partial charge is 0.278 e. The number of hydrogen-bond acceptors (Lipinski definition) is 2. The number of rotatable bonds is 2. The van der Waals surface area contributed by atoms with Gasteiger partial charge >= 0.3 is 0 Å². The Morgan fingerprint density at radius 2 is 1.03 bits per heavy atom. The number of aromatic nitrogens is 3. The Labute approximate surface area is 190 Å². The minimum atomic E-state index is 0.689. The molecule has 0 unspecified atom stereocenters. The summed E-state index contributed by atoms with van der Waals surface area (Å²) in [5, 5.41) is 5.86. The van der Waals surface area contributed by atoms with Crippen LogP contribution in [-0.2, 0) is 0 Å². The molecule has 0 bridgehead atoms. The minimum Gasteiger partial charge on any atom is -0.278 e. The molecule has 7 aromatic rings. The Morgan fingerprint density at radius 3 is 1.79 bits per heavy atom. The van der Waals surface area contributed by atoms with Crippen LogP contribution in [0, 0.1) is 0 Å². The second kappa shape index (κ2) is 7.01. The van der Waals surface area contributed by atoms with Gasteiger partial charge < -0.3 is 0 Å². The van der Waals surface area contributed by atoms with Crippen molar-refractivity contribution in [1.82, 2.24) is 14.5 Å². The van der Waals surface area contributed by atoms with Crippen LogP contribution in [0.15, 0.2) is 115 Å². The Kier molecular flexibility index (Phi) is 3.84. The monoisotopic (exact) mass is 421 g/mol. The van der Waals surface area contributed by atoms with Gasteiger partial charge in [0, 0.05) is 21.7 Å². The quantitative estimate of drug-likeness (QED) is 0.289. The van der Waals surface area contributed by atoms with Gasteiger partial charge in [-0.3, -0.25) is 4.57 Å². The lowest BCUT2D eigenvalue weighted by Crippen LogP contribution is -2.03. The molecule has 0 spiro atoms. The topological polar surface area (TPSA) is 30.7 Å². The lowest BCUT2D eigenvalue weighted by Gasteiger charge is -2.13. The summed E-state index contributed by atoms with van der Waals surface area (Å²) in [5.74, 6) is 0.689. The van der Waals surface area contributed by atoms with E-state index in [1.54, 1.807) is 0 Å². The van der Waals surface area contributed by atoms with Crippen LogP contribution in [0.25, 0.3) is 60.7 Å². The molecule has 7 rings (SSSR count). The van der Waals surface area contributed by atoms with Gasteiger partial charge in [-0.05, 0) is 29.0 Å². The van der Waals surface area contributed by atoms with Gasteiger partial charge in [0.15, 0.2) is 0 Å². The normalized spacial score (nSPS) is 11.6. The molecule has 0 radical (unpaired) electrons. The van der Waals surface area contributed by atoms with E-state index in [2.05, 4.69) is 114 Å². The van der Waals surface area contributed by atoms with Gasteiger partial charge in [0.25, 0.3) is 0 Å². The third-order valence-corrected chi connectivity index (χ3v) is 6.42. The van der Waals surface area contributed by atoms with E-state index in [4.69, 9.17) is 9.97 Å². The summed E-state index contributed by atoms with van der Waals surface area (Å²) in [4.78, 5) is 10.3. The fraction of sp³-hybridized carbons (Fsp3) is 0. The number of hydrogen-bond donors (Lipinski definition) is 0. The average Bonchev–Trinajstić information content (AvgIpc) is 3.22. The molecule has 0 amide bonds. The Bertz CT molecular complexity index is 1770. The molecule has 2 aromatic heterocycles. The van der Waals surface area contributed by atoms with E-state index in [9.17, 15) is 0 Å². The van der Waals surface area contributed by atoms with Gasteiger partial charge in [-0.2, -0.15) is 0 Å². The van der Waals surface area contributed by atoms with Crippen molar-refractivity contribution in [3.63, 3.8) is 0 Å². The SMILES string of the molecule is c1ccc2c(-c3nc(-n4c5ccccc5c5ccccc54)nc4ccccc34)cccc2c1. The molecule has 0 atom stereocenters. The van der Waals surface area contributed by atoms with Crippen LogP contribution in [0.1, 0.15) is 0 Å². The van der Waals surface area contributed by atoms with Gasteiger partial charge in [0.2, 0.25) is 5.95 Å². The molecule has 0 saturated heterocycles. The molecule has 3 nitrogen and oxygen atoms in total. The molecule has 154 valence electrons. The van der Waals surface area contributed by atoms with Crippen molar-refractivity contribution >= 4 is 43.5 Å². The maximum absolute atomic E-state index is 5.22. The van der Waals surface area contributed by atoms with Crippen molar-refractivity contribution in [3.8, 4) is 17.2 Å². The first kappa shape index (κ1) is 18.1. The van der Waals surface area contributed by atoms with E-state index in [1.165, 1.54) is 21.5 Å². The van der Waals surface area contributed by atoms with E-state index in [0.29, 0.717) is 5.95 Å². The number of para-hydroxylation sites is 3. The van der Waals surface area contributed by atoms with Crippen LogP contribution in [0.5, 0.6) is 0 Å². The number of fused-ring (bicyclic) bond motifs is 5. The lowest BCUT2D eigenvalue weighted by atomic mass is 9.99. The van der Waals surface area contributed by atoms with E-state index in [-0.39, 0.29) is 0 Å². The first-order valence-corrected chi connectivity index (χ1v) is 11.1. The maximum Gasteiger partial charge on any atom is 0.235 e. The molecule has 5 aromatic carbocycles. The molecule has 2 heterocycles. The van der Waals surface area contributed by atoms with E-state index in [1.807, 2.05) is 6.07 Å². The lowest BCUT2D eigenvalue weighted by molar-refractivity contribution is 1.01. The van der Waals surface area contributed by atoms with Gasteiger partial charge in [0.1, 0.15) is 0 Å². The van der Waals surface area contributed by atoms with Crippen LogP contribution in [0.3, 0.4) is 0 Å². The van der Waals surface area contributed by atoms with E-state index in [0.717, 1.165) is 33.2 Å². The zero-order valence-corrected chi connectivity index (χ0v) is 17.8. The predicted molar refractivity (Wildman–Crippen MR) is 137 cm³/mol. The summed E-state index contributed by atoms with van der Waals surface area (Å²) in [7, 11) is 0.